The van der Waals surface area contributed by atoms with Gasteiger partial charge in [-0.05, 0) is 78.4 Å². The van der Waals surface area contributed by atoms with E-state index >= 15 is 0 Å². The fraction of sp³-hybridized carbons (Fsp3) is 0.200. The van der Waals surface area contributed by atoms with Crippen molar-refractivity contribution in [3.05, 3.63) is 101 Å². The lowest BCUT2D eigenvalue weighted by atomic mass is 9.77. The maximum atomic E-state index is 13.0. The van der Waals surface area contributed by atoms with Gasteiger partial charge in [0, 0.05) is 22.3 Å². The van der Waals surface area contributed by atoms with Crippen LogP contribution in [0.3, 0.4) is 0 Å². The molecule has 1 aliphatic heterocycles. The third-order valence-electron chi connectivity index (χ3n) is 6.12. The molecule has 5 rings (SSSR count). The maximum Gasteiger partial charge on any atom is 0.261 e. The minimum absolute atomic E-state index is 0.124. The predicted octanol–water partition coefficient (Wildman–Crippen LogP) is 6.28. The van der Waals surface area contributed by atoms with Gasteiger partial charge in [-0.25, -0.2) is 8.42 Å². The molecule has 1 aliphatic carbocycles. The van der Waals surface area contributed by atoms with Crippen LogP contribution in [0.2, 0.25) is 5.02 Å². The molecule has 0 saturated carbocycles. The highest BCUT2D eigenvalue weighted by molar-refractivity contribution is 7.92. The van der Waals surface area contributed by atoms with Crippen molar-refractivity contribution < 1.29 is 8.42 Å². The van der Waals surface area contributed by atoms with E-state index in [-0.39, 0.29) is 16.9 Å². The van der Waals surface area contributed by atoms with E-state index in [1.807, 2.05) is 55.5 Å². The topological polar surface area (TPSA) is 58.2 Å². The van der Waals surface area contributed by atoms with Crippen molar-refractivity contribution in [3.63, 3.8) is 0 Å². The molecule has 3 atom stereocenters. The molecule has 4 nitrogen and oxygen atoms in total. The molecule has 3 aromatic rings. The third kappa shape index (κ3) is 3.84. The first-order valence-corrected chi connectivity index (χ1v) is 12.2. The molecule has 2 aliphatic rings. The highest BCUT2D eigenvalue weighted by Crippen LogP contribution is 2.50. The average molecular weight is 451 g/mol. The summed E-state index contributed by atoms with van der Waals surface area (Å²) in [7, 11) is -3.68. The fourth-order valence-corrected chi connectivity index (χ4v) is 5.98. The first-order valence-electron chi connectivity index (χ1n) is 10.3. The van der Waals surface area contributed by atoms with E-state index in [0.717, 1.165) is 33.8 Å². The van der Waals surface area contributed by atoms with Crippen molar-refractivity contribution in [1.82, 2.24) is 0 Å². The second-order valence-corrected chi connectivity index (χ2v) is 10.4. The summed E-state index contributed by atoms with van der Waals surface area (Å²) in [6, 6.07) is 20.8. The lowest BCUT2D eigenvalue weighted by molar-refractivity contribution is 0.425. The van der Waals surface area contributed by atoms with E-state index < -0.39 is 10.0 Å². The summed E-state index contributed by atoms with van der Waals surface area (Å²) in [5, 5.41) is 4.35. The first kappa shape index (κ1) is 20.2. The van der Waals surface area contributed by atoms with Crippen LogP contribution in [0, 0.1) is 12.8 Å². The first-order chi connectivity index (χ1) is 14.9. The van der Waals surface area contributed by atoms with E-state index in [4.69, 9.17) is 11.6 Å². The molecule has 2 N–H and O–H groups in total. The number of rotatable bonds is 4. The number of allylic oxidation sites excluding steroid dienone is 2. The Bertz CT molecular complexity index is 1290. The van der Waals surface area contributed by atoms with Gasteiger partial charge in [0.15, 0.2) is 0 Å². The molecule has 0 unspecified atom stereocenters. The molecule has 158 valence electrons. The van der Waals surface area contributed by atoms with E-state index in [1.54, 1.807) is 12.1 Å². The van der Waals surface area contributed by atoms with Crippen molar-refractivity contribution in [2.45, 2.75) is 30.2 Å². The summed E-state index contributed by atoms with van der Waals surface area (Å²) in [6.07, 6.45) is 5.33. The quantitative estimate of drug-likeness (QED) is 0.460. The van der Waals surface area contributed by atoms with Gasteiger partial charge >= 0.3 is 0 Å². The third-order valence-corrected chi connectivity index (χ3v) is 7.74. The van der Waals surface area contributed by atoms with Crippen molar-refractivity contribution in [3.8, 4) is 0 Å². The van der Waals surface area contributed by atoms with Crippen LogP contribution in [0.15, 0.2) is 83.8 Å². The lowest BCUT2D eigenvalue weighted by Crippen LogP contribution is -2.29. The number of benzene rings is 3. The van der Waals surface area contributed by atoms with Gasteiger partial charge in [0.25, 0.3) is 10.0 Å². The molecule has 0 saturated heterocycles. The Labute approximate surface area is 188 Å². The van der Waals surface area contributed by atoms with Gasteiger partial charge < -0.3 is 5.32 Å². The molecule has 1 heterocycles. The highest BCUT2D eigenvalue weighted by Gasteiger charge is 2.38. The van der Waals surface area contributed by atoms with Crippen LogP contribution in [0.25, 0.3) is 0 Å². The monoisotopic (exact) mass is 450 g/mol. The molecule has 0 amide bonds. The normalized spacial score (nSPS) is 21.8. The molecule has 0 aromatic heterocycles. The number of hydrogen-bond acceptors (Lipinski definition) is 3. The molecule has 6 heteroatoms. The summed E-state index contributed by atoms with van der Waals surface area (Å²) in [5.74, 6) is 0.475. The van der Waals surface area contributed by atoms with Crippen molar-refractivity contribution in [2.75, 3.05) is 10.0 Å². The molecule has 0 bridgehead atoms. The number of sulfonamides is 1. The zero-order valence-electron chi connectivity index (χ0n) is 17.0. The van der Waals surface area contributed by atoms with E-state index in [9.17, 15) is 8.42 Å². The average Bonchev–Trinajstić information content (AvgIpc) is 3.23. The summed E-state index contributed by atoms with van der Waals surface area (Å²) >= 11 is 6.24. The van der Waals surface area contributed by atoms with Gasteiger partial charge in [-0.2, -0.15) is 0 Å². The Hall–Kier alpha value is -2.76. The van der Waals surface area contributed by atoms with Crippen LogP contribution in [0.4, 0.5) is 11.4 Å². The Morgan fingerprint density at radius 3 is 2.68 bits per heavy atom. The van der Waals surface area contributed by atoms with Crippen LogP contribution in [0.5, 0.6) is 0 Å². The van der Waals surface area contributed by atoms with Crippen LogP contribution in [-0.4, -0.2) is 8.42 Å². The van der Waals surface area contributed by atoms with Gasteiger partial charge in [0.1, 0.15) is 0 Å². The van der Waals surface area contributed by atoms with Gasteiger partial charge in [-0.15, -0.1) is 0 Å². The zero-order valence-corrected chi connectivity index (χ0v) is 18.6. The lowest BCUT2D eigenvalue weighted by Gasteiger charge is -2.37. The van der Waals surface area contributed by atoms with Gasteiger partial charge in [-0.3, -0.25) is 4.72 Å². The van der Waals surface area contributed by atoms with E-state index in [1.165, 1.54) is 0 Å². The number of nitrogens with one attached hydrogen (secondary N) is 2. The predicted molar refractivity (Wildman–Crippen MR) is 126 cm³/mol. The Balaban J connectivity index is 1.50. The van der Waals surface area contributed by atoms with Crippen LogP contribution in [-0.2, 0) is 10.0 Å². The summed E-state index contributed by atoms with van der Waals surface area (Å²) in [4.78, 5) is 0.273. The molecule has 0 spiro atoms. The highest BCUT2D eigenvalue weighted by atomic mass is 35.5. The van der Waals surface area contributed by atoms with Crippen LogP contribution in [0.1, 0.15) is 35.1 Å². The fourth-order valence-electron chi connectivity index (χ4n) is 4.69. The summed E-state index contributed by atoms with van der Waals surface area (Å²) in [6.45, 7) is 1.94. The second kappa shape index (κ2) is 7.74. The van der Waals surface area contributed by atoms with Crippen molar-refractivity contribution in [2.24, 2.45) is 5.92 Å². The number of fused-ring (bicyclic) bond motifs is 3. The number of hydrogen-bond donors (Lipinski definition) is 2. The minimum Gasteiger partial charge on any atom is -0.378 e. The minimum atomic E-state index is -3.68. The largest absolute Gasteiger partial charge is 0.378 e. The molecule has 0 fully saturated rings. The molecular formula is C25H23ClN2O2S. The standard InChI is InChI=1S/C25H23ClN2O2S/c1-16-5-2-8-19(13-16)28-31(29,30)20-11-12-24-23(15-20)21-9-4-10-22(21)25(27-24)17-6-3-7-18(26)14-17/h2-9,11-15,21-22,25,27-28H,10H2,1H3/t21-,22+,25+/m0/s1. The smallest absolute Gasteiger partial charge is 0.261 e. The molecule has 0 radical (unpaired) electrons. The zero-order chi connectivity index (χ0) is 21.6. The Morgan fingerprint density at radius 1 is 1.03 bits per heavy atom. The number of aryl methyl sites for hydroxylation is 1. The van der Waals surface area contributed by atoms with Gasteiger partial charge in [0.05, 0.1) is 10.9 Å². The van der Waals surface area contributed by atoms with E-state index in [2.05, 4.69) is 28.3 Å². The number of halogens is 1. The Morgan fingerprint density at radius 2 is 1.87 bits per heavy atom. The van der Waals surface area contributed by atoms with Crippen LogP contribution < -0.4 is 10.0 Å². The van der Waals surface area contributed by atoms with Gasteiger partial charge in [0.2, 0.25) is 0 Å². The molecule has 3 aromatic carbocycles. The van der Waals surface area contributed by atoms with Gasteiger partial charge in [-0.1, -0.05) is 48.0 Å². The van der Waals surface area contributed by atoms with Crippen molar-refractivity contribution in [1.29, 1.82) is 0 Å². The van der Waals surface area contributed by atoms with E-state index in [0.29, 0.717) is 11.6 Å². The second-order valence-electron chi connectivity index (χ2n) is 8.25. The summed E-state index contributed by atoms with van der Waals surface area (Å²) < 4.78 is 28.8. The number of anilines is 2. The summed E-state index contributed by atoms with van der Waals surface area (Å²) in [5.41, 5.74) is 4.70. The Kier molecular flexibility index (Phi) is 5.03. The molecule has 31 heavy (non-hydrogen) atoms. The SMILES string of the molecule is Cc1cccc(NS(=O)(=O)c2ccc3c(c2)[C@H]2C=CC[C@H]2[C@@H](c2cccc(Cl)c2)N3)c1. The maximum absolute atomic E-state index is 13.0. The van der Waals surface area contributed by atoms with Crippen molar-refractivity contribution >= 4 is 33.0 Å². The molecular weight excluding hydrogens is 428 g/mol. The van der Waals surface area contributed by atoms with Crippen LogP contribution >= 0.6 is 11.6 Å².